The van der Waals surface area contributed by atoms with E-state index in [1.165, 1.54) is 75.8 Å². The first-order chi connectivity index (χ1) is 44.5. The van der Waals surface area contributed by atoms with Crippen LogP contribution in [0.15, 0.2) is 70.5 Å². The van der Waals surface area contributed by atoms with Crippen LogP contribution in [0.5, 0.6) is 0 Å². The average molecular weight is 1470 g/mol. The van der Waals surface area contributed by atoms with Gasteiger partial charge in [0, 0.05) is 71.0 Å². The number of halogens is 12. The Hall–Kier alpha value is -7.04. The van der Waals surface area contributed by atoms with Gasteiger partial charge in [0.05, 0.1) is 42.7 Å². The number of carboxylic acids is 1. The molecule has 0 saturated heterocycles. The third kappa shape index (κ3) is 24.3. The van der Waals surface area contributed by atoms with Crippen LogP contribution in [0.3, 0.4) is 0 Å². The van der Waals surface area contributed by atoms with E-state index in [0.29, 0.717) is 48.2 Å². The van der Waals surface area contributed by atoms with Crippen molar-refractivity contribution in [1.82, 2.24) is 29.6 Å². The number of carbonyl (C=O) groups excluding carboxylic acids is 3. The number of benzene rings is 4. The second kappa shape index (κ2) is 39.6. The zero-order valence-corrected chi connectivity index (χ0v) is 61.2. The van der Waals surface area contributed by atoms with Crippen LogP contribution in [0.1, 0.15) is 151 Å². The first-order valence-electron chi connectivity index (χ1n) is 30.9. The second-order valence-electron chi connectivity index (χ2n) is 25.5. The van der Waals surface area contributed by atoms with Crippen molar-refractivity contribution >= 4 is 50.7 Å². The largest absolute Gasteiger partial charge is 1.00 e. The van der Waals surface area contributed by atoms with Gasteiger partial charge in [-0.1, -0.05) is 39.8 Å². The molecule has 0 bridgehead atoms. The summed E-state index contributed by atoms with van der Waals surface area (Å²) in [6.45, 7) is 18.8. The van der Waals surface area contributed by atoms with Gasteiger partial charge in [-0.15, -0.1) is 0 Å². The smallest absolute Gasteiger partial charge is 0.870 e. The number of rotatable bonds is 25. The molecule has 0 spiro atoms. The number of nitrogens with zero attached hydrogens (tertiary/aromatic N) is 4. The molecule has 0 aliphatic rings. The number of aliphatic carboxylic acids is 1. The number of carbonyl (C=O) groups is 4. The van der Waals surface area contributed by atoms with E-state index in [2.05, 4.69) is 10.6 Å². The van der Waals surface area contributed by atoms with E-state index in [9.17, 15) is 60.2 Å². The summed E-state index contributed by atoms with van der Waals surface area (Å²) < 4.78 is 187. The van der Waals surface area contributed by atoms with Crippen LogP contribution in [0, 0.1) is 88.3 Å². The Morgan fingerprint density at radius 3 is 1.17 bits per heavy atom. The molecule has 0 aliphatic carbocycles. The Morgan fingerprint density at radius 1 is 0.545 bits per heavy atom. The molecule has 31 heteroatoms. The molecule has 0 saturated carbocycles. The van der Waals surface area contributed by atoms with E-state index >= 15 is 26.3 Å². The van der Waals surface area contributed by atoms with Gasteiger partial charge < -0.3 is 50.4 Å². The molecule has 2 heterocycles. The van der Waals surface area contributed by atoms with Gasteiger partial charge in [0.1, 0.15) is 47.0 Å². The minimum Gasteiger partial charge on any atom is -0.870 e. The molecule has 0 radical (unpaired) electrons. The van der Waals surface area contributed by atoms with E-state index in [-0.39, 0.29) is 111 Å². The summed E-state index contributed by atoms with van der Waals surface area (Å²) in [6, 6.07) is 1.00. The Bertz CT molecular complexity index is 3950. The van der Waals surface area contributed by atoms with E-state index in [1.54, 1.807) is 41.5 Å². The minimum absolute atomic E-state index is 0. The number of hydrogen-bond acceptors (Lipinski definition) is 10. The summed E-state index contributed by atoms with van der Waals surface area (Å²) in [6.07, 6.45) is -8.81. The number of amides is 2. The zero-order chi connectivity index (χ0) is 72.5. The molecular formula is C70H89F12LiN6O10S2. The number of likely N-dealkylation sites (N-methyl/N-ethyl adjacent to an activating group) is 2. The fraction of sp³-hybridized carbons (Fsp3) is 0.457. The number of carboxylic acid groups (broad SMARTS) is 1. The third-order valence-electron chi connectivity index (χ3n) is 16.0. The van der Waals surface area contributed by atoms with E-state index in [0.717, 1.165) is 27.8 Å². The van der Waals surface area contributed by atoms with Crippen molar-refractivity contribution in [3.8, 4) is 22.3 Å². The topological polar surface area (TPSA) is 234 Å². The first kappa shape index (κ1) is 94.0. The number of alkyl halides is 6. The van der Waals surface area contributed by atoms with Crippen molar-refractivity contribution in [3.63, 3.8) is 0 Å². The molecule has 101 heavy (non-hydrogen) atoms. The molecular weight excluding hydrogens is 1380 g/mol. The second-order valence-corrected chi connectivity index (χ2v) is 25.5. The van der Waals surface area contributed by atoms with Crippen molar-refractivity contribution < 1.29 is 112 Å². The number of ether oxygens (including phenoxy) is 1. The summed E-state index contributed by atoms with van der Waals surface area (Å²) in [4.78, 5) is 82.8. The van der Waals surface area contributed by atoms with E-state index in [4.69, 9.17) is 4.74 Å². The zero-order valence-electron chi connectivity index (χ0n) is 59.2. The number of pyridine rings is 2. The fourth-order valence-corrected chi connectivity index (χ4v) is 11.4. The SMILES string of the molecule is CCOC(=O)C[C@H](NC(=O)C(CC(C)C)n1cc(CCN(C)C)c(C)cc1=O)c1c(F)c(-c2c(C)cc(C)cc2F)cc(C(F)(F)F)c1F.Cc1cc(C)c(-c2cc(C(F)(F)F)c(F)c([C@H](CC(=O)O)NC(=O)C(CC(C)C)n3cc(CCN(C)C)c(C)cc3=O)c2F)c(F)c1.O.S.S.[Li+].[OH-]. The molecule has 2 aromatic heterocycles. The van der Waals surface area contributed by atoms with Crippen molar-refractivity contribution in [3.05, 3.63) is 183 Å². The average Bonchev–Trinajstić information content (AvgIpc) is 0.760. The van der Waals surface area contributed by atoms with Crippen LogP contribution in [0.25, 0.3) is 22.3 Å². The van der Waals surface area contributed by atoms with Crippen LogP contribution in [-0.4, -0.2) is 107 Å². The maximum Gasteiger partial charge on any atom is 1.00 e. The molecule has 2 amide bonds. The predicted molar refractivity (Wildman–Crippen MR) is 366 cm³/mol. The number of aryl methyl sites for hydroxylation is 6. The fourth-order valence-electron chi connectivity index (χ4n) is 11.4. The molecule has 556 valence electrons. The first-order valence-corrected chi connectivity index (χ1v) is 30.9. The third-order valence-corrected chi connectivity index (χ3v) is 16.0. The van der Waals surface area contributed by atoms with Gasteiger partial charge in [-0.05, 0) is 183 Å². The van der Waals surface area contributed by atoms with Crippen molar-refractivity contribution in [2.45, 2.75) is 151 Å². The van der Waals surface area contributed by atoms with Crippen LogP contribution < -0.4 is 40.6 Å². The Balaban J connectivity index is 0.00000189. The molecule has 4 aromatic carbocycles. The maximum absolute atomic E-state index is 16.5. The van der Waals surface area contributed by atoms with Crippen molar-refractivity contribution in [2.24, 2.45) is 11.8 Å². The standard InChI is InChI=1S/C36H43F6N3O4.C34H39F6N3O4.Li.2H2O.2H2S/c1-9-49-30(47)17-27(43-35(48)28(12-19(2)3)45-18-23(10-11-44(7)8)21(5)15-29(45)46)32-33(38)24(16-25(34(32)39)36(40,41)42)31-22(6)13-20(4)14-26(31)37;1-17(2)10-26(43-16-21(8-9-42(6)7)19(4)13-27(43)44)33(47)41-25(15-28(45)46)30-31(36)22(14-23(32(30)37)34(38,39)40)29-20(5)11-18(3)12-24(29)35;;;;;/h13-16,18-19,27-28H,9-12,17H2,1-8H3,(H,43,48);11-14,16-17,25-26H,8-10,15H2,1-7H3,(H,41,47)(H,45,46);;4*1H2/q;;+1;;;;/p-1/t27-,28?;25-,26?;;;;;/m00...../s1. The Kier molecular flexibility index (Phi) is 36.8. The predicted octanol–water partition coefficient (Wildman–Crippen LogP) is 10.5. The molecule has 16 nitrogen and oxygen atoms in total. The minimum atomic E-state index is -5.40. The normalized spacial score (nSPS) is 12.5. The monoisotopic (exact) mass is 1470 g/mol. The van der Waals surface area contributed by atoms with Crippen LogP contribution in [-0.2, 0) is 49.1 Å². The molecule has 6 N–H and O–H groups in total. The van der Waals surface area contributed by atoms with Crippen molar-refractivity contribution in [1.29, 1.82) is 0 Å². The summed E-state index contributed by atoms with van der Waals surface area (Å²) >= 11 is 0. The molecule has 6 rings (SSSR count). The molecule has 0 fully saturated rings. The van der Waals surface area contributed by atoms with Crippen LogP contribution in [0.2, 0.25) is 0 Å². The van der Waals surface area contributed by atoms with Gasteiger partial charge in [-0.25, -0.2) is 26.3 Å². The van der Waals surface area contributed by atoms with Crippen molar-refractivity contribution in [2.75, 3.05) is 47.9 Å². The van der Waals surface area contributed by atoms with E-state index < -0.39 is 164 Å². The van der Waals surface area contributed by atoms with Gasteiger partial charge >= 0.3 is 43.2 Å². The van der Waals surface area contributed by atoms with Gasteiger partial charge in [0.15, 0.2) is 0 Å². The molecule has 4 atom stereocenters. The van der Waals surface area contributed by atoms with Gasteiger partial charge in [0.2, 0.25) is 11.8 Å². The number of nitrogens with one attached hydrogen (secondary N) is 2. The number of hydrogen-bond donors (Lipinski definition) is 3. The Labute approximate surface area is 605 Å². The summed E-state index contributed by atoms with van der Waals surface area (Å²) in [7, 11) is 7.45. The molecule has 6 aromatic rings. The van der Waals surface area contributed by atoms with Gasteiger partial charge in [0.25, 0.3) is 11.1 Å². The number of aromatic nitrogens is 2. The quantitative estimate of drug-likeness (QED) is 0.0277. The molecule has 0 aliphatic heterocycles. The molecule has 2 unspecified atom stereocenters. The maximum atomic E-state index is 16.5. The summed E-state index contributed by atoms with van der Waals surface area (Å²) in [5.41, 5.74) is -6.87. The van der Waals surface area contributed by atoms with Gasteiger partial charge in [-0.2, -0.15) is 53.3 Å². The summed E-state index contributed by atoms with van der Waals surface area (Å²) in [5, 5.41) is 14.2. The Morgan fingerprint density at radius 2 is 0.881 bits per heavy atom. The summed E-state index contributed by atoms with van der Waals surface area (Å²) in [5.74, 6) is -14.8. The van der Waals surface area contributed by atoms with Gasteiger partial charge in [-0.3, -0.25) is 28.8 Å². The van der Waals surface area contributed by atoms with Crippen LogP contribution in [0.4, 0.5) is 52.7 Å². The van der Waals surface area contributed by atoms with Crippen LogP contribution >= 0.6 is 27.0 Å². The van der Waals surface area contributed by atoms with E-state index in [1.807, 2.05) is 38.0 Å². The number of esters is 1.